The Kier molecular flexibility index (Phi) is 6.53. The maximum Gasteiger partial charge on any atom is 0.387 e. The van der Waals surface area contributed by atoms with Crippen molar-refractivity contribution in [3.8, 4) is 11.8 Å². The molecule has 0 spiro atoms. The second kappa shape index (κ2) is 9.39. The van der Waals surface area contributed by atoms with Gasteiger partial charge >= 0.3 is 6.61 Å². The minimum absolute atomic E-state index is 0.0236. The Bertz CT molecular complexity index is 1300. The lowest BCUT2D eigenvalue weighted by Crippen LogP contribution is -2.57. The first-order valence-corrected chi connectivity index (χ1v) is 11.2. The van der Waals surface area contributed by atoms with Gasteiger partial charge in [-0.3, -0.25) is 9.69 Å². The molecule has 0 bridgehead atoms. The Balaban J connectivity index is 1.64. The first kappa shape index (κ1) is 23.6. The Labute approximate surface area is 196 Å². The van der Waals surface area contributed by atoms with E-state index in [0.717, 1.165) is 5.56 Å². The molecule has 34 heavy (non-hydrogen) atoms. The van der Waals surface area contributed by atoms with Crippen molar-refractivity contribution in [1.82, 2.24) is 14.5 Å². The molecule has 178 valence electrons. The Morgan fingerprint density at radius 3 is 2.62 bits per heavy atom. The molecule has 0 amide bonds. The lowest BCUT2D eigenvalue weighted by atomic mass is 10.00. The smallest absolute Gasteiger partial charge is 0.387 e. The Morgan fingerprint density at radius 2 is 1.91 bits per heavy atom. The normalized spacial score (nSPS) is 19.9. The third-order valence-corrected chi connectivity index (χ3v) is 6.59. The molecule has 9 heteroatoms. The first-order chi connectivity index (χ1) is 16.2. The predicted molar refractivity (Wildman–Crippen MR) is 126 cm³/mol. The number of halogens is 2. The molecule has 0 saturated carbocycles. The molecule has 1 fully saturated rings. The van der Waals surface area contributed by atoms with Gasteiger partial charge < -0.3 is 14.2 Å². The van der Waals surface area contributed by atoms with Gasteiger partial charge in [0.1, 0.15) is 23.0 Å². The summed E-state index contributed by atoms with van der Waals surface area (Å²) < 4.78 is 31.4. The van der Waals surface area contributed by atoms with Crippen LogP contribution in [0.2, 0.25) is 0 Å². The van der Waals surface area contributed by atoms with E-state index < -0.39 is 6.61 Å². The number of nitrogens with zero attached hydrogens (tertiary/aromatic N) is 5. The number of aromatic nitrogens is 2. The minimum atomic E-state index is -2.86. The van der Waals surface area contributed by atoms with Crippen molar-refractivity contribution in [2.45, 2.75) is 45.5 Å². The second-order valence-corrected chi connectivity index (χ2v) is 8.78. The molecule has 1 aliphatic heterocycles. The van der Waals surface area contributed by atoms with Crippen LogP contribution in [0.15, 0.2) is 47.3 Å². The standard InChI is InChI=1S/C25H27F2N5O2/c1-15-14-32(22-11-23(33)30(4)21-9-8-19(12-28)29-24(21)22)16(2)13-31(15)17(3)18-6-5-7-20(10-18)34-25(26)27/h5-11,15-17,25H,13-14H2,1-4H3/t15?,16-,17?/m0/s1. The van der Waals surface area contributed by atoms with E-state index in [4.69, 9.17) is 0 Å². The van der Waals surface area contributed by atoms with Crippen LogP contribution < -0.4 is 15.2 Å². The quantitative estimate of drug-likeness (QED) is 0.563. The van der Waals surface area contributed by atoms with Crippen LogP contribution in [0.1, 0.15) is 38.1 Å². The SMILES string of the molecule is CC1CN(c2cc(=O)n(C)c3ccc(C#N)nc23)[C@@H](C)CN1C(C)c1cccc(OC(F)F)c1. The summed E-state index contributed by atoms with van der Waals surface area (Å²) in [4.78, 5) is 21.7. The number of nitriles is 1. The van der Waals surface area contributed by atoms with E-state index in [2.05, 4.69) is 46.4 Å². The molecule has 1 aromatic carbocycles. The highest BCUT2D eigenvalue weighted by atomic mass is 19.3. The van der Waals surface area contributed by atoms with Crippen LogP contribution in [0.5, 0.6) is 5.75 Å². The summed E-state index contributed by atoms with van der Waals surface area (Å²) in [6.45, 7) is 4.70. The molecule has 0 N–H and O–H groups in total. The van der Waals surface area contributed by atoms with Gasteiger partial charge in [-0.05, 0) is 50.6 Å². The fourth-order valence-electron chi connectivity index (χ4n) is 4.76. The summed E-state index contributed by atoms with van der Waals surface area (Å²) in [5.41, 5.74) is 3.07. The number of fused-ring (bicyclic) bond motifs is 1. The summed E-state index contributed by atoms with van der Waals surface area (Å²) in [6, 6.07) is 14.0. The predicted octanol–water partition coefficient (Wildman–Crippen LogP) is 4.07. The summed E-state index contributed by atoms with van der Waals surface area (Å²) >= 11 is 0. The van der Waals surface area contributed by atoms with Crippen LogP contribution in [0.25, 0.3) is 11.0 Å². The summed E-state index contributed by atoms with van der Waals surface area (Å²) in [5, 5.41) is 9.34. The number of aryl methyl sites for hydroxylation is 1. The number of rotatable bonds is 5. The average molecular weight is 468 g/mol. The largest absolute Gasteiger partial charge is 0.435 e. The zero-order chi connectivity index (χ0) is 24.6. The van der Waals surface area contributed by atoms with Gasteiger partial charge in [-0.15, -0.1) is 0 Å². The number of benzene rings is 1. The molecule has 3 aromatic rings. The molecule has 3 heterocycles. The van der Waals surface area contributed by atoms with Crippen molar-refractivity contribution in [3.63, 3.8) is 0 Å². The average Bonchev–Trinajstić information content (AvgIpc) is 2.81. The minimum Gasteiger partial charge on any atom is -0.435 e. The number of anilines is 1. The zero-order valence-corrected chi connectivity index (χ0v) is 19.6. The molecular weight excluding hydrogens is 440 g/mol. The third kappa shape index (κ3) is 4.46. The zero-order valence-electron chi connectivity index (χ0n) is 19.6. The van der Waals surface area contributed by atoms with E-state index in [-0.39, 0.29) is 29.4 Å². The van der Waals surface area contributed by atoms with Crippen molar-refractivity contribution < 1.29 is 13.5 Å². The van der Waals surface area contributed by atoms with Crippen molar-refractivity contribution >= 4 is 16.7 Å². The van der Waals surface area contributed by atoms with Gasteiger partial charge in [0.05, 0.1) is 11.2 Å². The summed E-state index contributed by atoms with van der Waals surface area (Å²) in [7, 11) is 1.69. The lowest BCUT2D eigenvalue weighted by Gasteiger charge is -2.47. The Morgan fingerprint density at radius 1 is 1.15 bits per heavy atom. The number of hydrogen-bond acceptors (Lipinski definition) is 6. The van der Waals surface area contributed by atoms with E-state index >= 15 is 0 Å². The van der Waals surface area contributed by atoms with E-state index in [0.29, 0.717) is 35.5 Å². The van der Waals surface area contributed by atoms with Crippen LogP contribution >= 0.6 is 0 Å². The summed E-state index contributed by atoms with van der Waals surface area (Å²) in [6.07, 6.45) is 0. The van der Waals surface area contributed by atoms with Gasteiger partial charge in [-0.1, -0.05) is 12.1 Å². The van der Waals surface area contributed by atoms with Crippen molar-refractivity contribution in [3.05, 3.63) is 64.1 Å². The molecule has 3 atom stereocenters. The van der Waals surface area contributed by atoms with Gasteiger partial charge in [0.25, 0.3) is 5.56 Å². The number of hydrogen-bond donors (Lipinski definition) is 0. The molecule has 7 nitrogen and oxygen atoms in total. The molecule has 1 saturated heterocycles. The van der Waals surface area contributed by atoms with Crippen LogP contribution in [-0.2, 0) is 7.05 Å². The van der Waals surface area contributed by atoms with Gasteiger partial charge in [0, 0.05) is 44.3 Å². The molecule has 4 rings (SSSR count). The molecular formula is C25H27F2N5O2. The van der Waals surface area contributed by atoms with E-state index in [1.165, 1.54) is 10.6 Å². The number of piperazine rings is 1. The molecule has 2 aromatic heterocycles. The van der Waals surface area contributed by atoms with Gasteiger partial charge in [0.2, 0.25) is 0 Å². The highest BCUT2D eigenvalue weighted by Gasteiger charge is 2.33. The van der Waals surface area contributed by atoms with E-state index in [9.17, 15) is 18.8 Å². The second-order valence-electron chi connectivity index (χ2n) is 8.78. The monoisotopic (exact) mass is 467 g/mol. The highest BCUT2D eigenvalue weighted by molar-refractivity contribution is 5.89. The highest BCUT2D eigenvalue weighted by Crippen LogP contribution is 2.33. The van der Waals surface area contributed by atoms with Crippen LogP contribution in [-0.4, -0.2) is 46.2 Å². The molecule has 1 aliphatic rings. The molecule has 0 aliphatic carbocycles. The fourth-order valence-corrected chi connectivity index (χ4v) is 4.76. The van der Waals surface area contributed by atoms with Gasteiger partial charge in [0.15, 0.2) is 0 Å². The van der Waals surface area contributed by atoms with Gasteiger partial charge in [-0.2, -0.15) is 14.0 Å². The van der Waals surface area contributed by atoms with Gasteiger partial charge in [-0.25, -0.2) is 4.98 Å². The summed E-state index contributed by atoms with van der Waals surface area (Å²) in [5.74, 6) is 0.143. The maximum atomic E-state index is 12.7. The fraction of sp³-hybridized carbons (Fsp3) is 0.400. The molecule has 0 radical (unpaired) electrons. The van der Waals surface area contributed by atoms with Crippen LogP contribution in [0.3, 0.4) is 0 Å². The van der Waals surface area contributed by atoms with E-state index in [1.807, 2.05) is 6.07 Å². The van der Waals surface area contributed by atoms with Crippen molar-refractivity contribution in [2.75, 3.05) is 18.0 Å². The topological polar surface area (TPSA) is 74.4 Å². The van der Waals surface area contributed by atoms with Crippen molar-refractivity contribution in [1.29, 1.82) is 5.26 Å². The lowest BCUT2D eigenvalue weighted by molar-refractivity contribution is -0.0499. The number of ether oxygens (including phenoxy) is 1. The van der Waals surface area contributed by atoms with Crippen LogP contribution in [0, 0.1) is 11.3 Å². The first-order valence-electron chi connectivity index (χ1n) is 11.2. The van der Waals surface area contributed by atoms with Crippen molar-refractivity contribution in [2.24, 2.45) is 7.05 Å². The number of alkyl halides is 2. The number of pyridine rings is 2. The third-order valence-electron chi connectivity index (χ3n) is 6.59. The maximum absolute atomic E-state index is 12.7. The molecule has 2 unspecified atom stereocenters. The van der Waals surface area contributed by atoms with Crippen LogP contribution in [0.4, 0.5) is 14.5 Å². The van der Waals surface area contributed by atoms with E-state index in [1.54, 1.807) is 37.4 Å². The Hall–Kier alpha value is -3.51.